The van der Waals surface area contributed by atoms with Gasteiger partial charge in [-0.2, -0.15) is 13.2 Å². The van der Waals surface area contributed by atoms with Crippen LogP contribution in [0.15, 0.2) is 40.8 Å². The fourth-order valence-electron chi connectivity index (χ4n) is 2.72. The first-order chi connectivity index (χ1) is 14.0. The molecule has 2 aromatic rings. The standard InChI is InChI=1S/C21H24F3NO5/c1-4-13(2)15-6-8-16(9-7-15)25-18(26)12-29-19(27)11-20(28,21(22,23)24)17-10-5-14(3)30-17/h5-10,13,28H,4,11-12H2,1-3H3,(H,25,26)/t13-,20-/m1/s1. The number of nitrogens with one attached hydrogen (secondary N) is 1. The lowest BCUT2D eigenvalue weighted by Crippen LogP contribution is -2.44. The first-order valence-corrected chi connectivity index (χ1v) is 9.37. The van der Waals surface area contributed by atoms with Gasteiger partial charge in [-0.3, -0.25) is 9.59 Å². The number of carbonyl (C=O) groups excluding carboxylic acids is 2. The number of aryl methyl sites for hydroxylation is 1. The highest BCUT2D eigenvalue weighted by Crippen LogP contribution is 2.42. The Kier molecular flexibility index (Phi) is 7.30. The van der Waals surface area contributed by atoms with E-state index in [4.69, 9.17) is 4.42 Å². The van der Waals surface area contributed by atoms with Crippen LogP contribution in [0.4, 0.5) is 18.9 Å². The molecule has 2 rings (SSSR count). The summed E-state index contributed by atoms with van der Waals surface area (Å²) in [6, 6.07) is 9.24. The predicted octanol–water partition coefficient (Wildman–Crippen LogP) is 4.42. The van der Waals surface area contributed by atoms with Crippen LogP contribution in [-0.2, 0) is 19.9 Å². The molecule has 0 aliphatic rings. The van der Waals surface area contributed by atoms with E-state index < -0.39 is 42.4 Å². The Labute approximate surface area is 172 Å². The molecule has 0 aliphatic heterocycles. The molecule has 9 heteroatoms. The van der Waals surface area contributed by atoms with E-state index in [1.54, 1.807) is 12.1 Å². The van der Waals surface area contributed by atoms with Crippen LogP contribution in [0.2, 0.25) is 0 Å². The maximum absolute atomic E-state index is 13.4. The second-order valence-electron chi connectivity index (χ2n) is 7.09. The van der Waals surface area contributed by atoms with Gasteiger partial charge in [0, 0.05) is 5.69 Å². The first kappa shape index (κ1) is 23.5. The van der Waals surface area contributed by atoms with E-state index in [2.05, 4.69) is 23.9 Å². The summed E-state index contributed by atoms with van der Waals surface area (Å²) in [5.74, 6) is -2.44. The zero-order chi connectivity index (χ0) is 22.5. The largest absolute Gasteiger partial charge is 0.463 e. The highest BCUT2D eigenvalue weighted by atomic mass is 19.4. The van der Waals surface area contributed by atoms with Crippen LogP contribution >= 0.6 is 0 Å². The van der Waals surface area contributed by atoms with Crippen LogP contribution in [0.1, 0.15) is 49.7 Å². The quantitative estimate of drug-likeness (QED) is 0.609. The molecule has 0 fully saturated rings. The zero-order valence-corrected chi connectivity index (χ0v) is 16.9. The molecule has 2 atom stereocenters. The molecule has 0 aliphatic carbocycles. The molecule has 0 radical (unpaired) electrons. The molecule has 164 valence electrons. The molecule has 1 amide bonds. The van der Waals surface area contributed by atoms with Gasteiger partial charge in [0.2, 0.25) is 5.60 Å². The summed E-state index contributed by atoms with van der Waals surface area (Å²) in [6.45, 7) is 4.73. The Balaban J connectivity index is 1.94. The van der Waals surface area contributed by atoms with Crippen LogP contribution in [0.3, 0.4) is 0 Å². The van der Waals surface area contributed by atoms with E-state index in [0.717, 1.165) is 18.1 Å². The van der Waals surface area contributed by atoms with Crippen molar-refractivity contribution >= 4 is 17.6 Å². The maximum atomic E-state index is 13.4. The summed E-state index contributed by atoms with van der Waals surface area (Å²) in [7, 11) is 0. The molecule has 0 saturated carbocycles. The zero-order valence-electron chi connectivity index (χ0n) is 16.9. The summed E-state index contributed by atoms with van der Waals surface area (Å²) >= 11 is 0. The van der Waals surface area contributed by atoms with Crippen molar-refractivity contribution in [3.8, 4) is 0 Å². The van der Waals surface area contributed by atoms with Crippen molar-refractivity contribution in [1.82, 2.24) is 0 Å². The van der Waals surface area contributed by atoms with Crippen molar-refractivity contribution in [1.29, 1.82) is 0 Å². The molecule has 1 aromatic heterocycles. The van der Waals surface area contributed by atoms with Gasteiger partial charge in [-0.25, -0.2) is 0 Å². The van der Waals surface area contributed by atoms with Crippen LogP contribution in [-0.4, -0.2) is 29.8 Å². The minimum atomic E-state index is -5.18. The number of anilines is 1. The summed E-state index contributed by atoms with van der Waals surface area (Å²) in [4.78, 5) is 23.8. The summed E-state index contributed by atoms with van der Waals surface area (Å²) in [6.07, 6.45) is -5.67. The third kappa shape index (κ3) is 5.63. The van der Waals surface area contributed by atoms with E-state index in [-0.39, 0.29) is 5.76 Å². The highest BCUT2D eigenvalue weighted by molar-refractivity contribution is 5.92. The van der Waals surface area contributed by atoms with Gasteiger partial charge in [0.25, 0.3) is 5.91 Å². The summed E-state index contributed by atoms with van der Waals surface area (Å²) in [5.41, 5.74) is -2.00. The fourth-order valence-corrected chi connectivity index (χ4v) is 2.72. The lowest BCUT2D eigenvalue weighted by atomic mass is 9.96. The molecule has 1 heterocycles. The minimum Gasteiger partial charge on any atom is -0.463 e. The number of esters is 1. The number of hydrogen-bond donors (Lipinski definition) is 2. The van der Waals surface area contributed by atoms with E-state index in [1.165, 1.54) is 13.0 Å². The van der Waals surface area contributed by atoms with Gasteiger partial charge in [0.1, 0.15) is 11.5 Å². The summed E-state index contributed by atoms with van der Waals surface area (Å²) in [5, 5.41) is 12.6. The van der Waals surface area contributed by atoms with Crippen LogP contribution in [0.5, 0.6) is 0 Å². The lowest BCUT2D eigenvalue weighted by Gasteiger charge is -2.27. The van der Waals surface area contributed by atoms with Crippen molar-refractivity contribution in [2.75, 3.05) is 11.9 Å². The molecule has 0 saturated heterocycles. The molecule has 1 aromatic carbocycles. The monoisotopic (exact) mass is 427 g/mol. The van der Waals surface area contributed by atoms with Gasteiger partial charge in [0.05, 0.1) is 6.42 Å². The van der Waals surface area contributed by atoms with Gasteiger partial charge in [-0.05, 0) is 49.1 Å². The Morgan fingerprint density at radius 2 is 1.80 bits per heavy atom. The number of alkyl halides is 3. The molecule has 30 heavy (non-hydrogen) atoms. The number of furan rings is 1. The van der Waals surface area contributed by atoms with Crippen LogP contribution in [0, 0.1) is 6.92 Å². The predicted molar refractivity (Wildman–Crippen MR) is 103 cm³/mol. The number of amides is 1. The number of halogens is 3. The maximum Gasteiger partial charge on any atom is 0.425 e. The van der Waals surface area contributed by atoms with Crippen LogP contribution in [0.25, 0.3) is 0 Å². The van der Waals surface area contributed by atoms with Gasteiger partial charge in [0.15, 0.2) is 6.61 Å². The van der Waals surface area contributed by atoms with Crippen LogP contribution < -0.4 is 5.32 Å². The second kappa shape index (κ2) is 9.34. The number of aliphatic hydroxyl groups is 1. The number of ether oxygens (including phenoxy) is 1. The number of benzene rings is 1. The van der Waals surface area contributed by atoms with E-state index in [1.807, 2.05) is 12.1 Å². The number of hydrogen-bond acceptors (Lipinski definition) is 5. The Morgan fingerprint density at radius 3 is 2.30 bits per heavy atom. The topological polar surface area (TPSA) is 88.8 Å². The van der Waals surface area contributed by atoms with Crippen molar-refractivity contribution in [2.45, 2.75) is 51.3 Å². The minimum absolute atomic E-state index is 0.139. The third-order valence-electron chi connectivity index (χ3n) is 4.76. The van der Waals surface area contributed by atoms with Crippen molar-refractivity contribution < 1.29 is 37.0 Å². The molecule has 2 N–H and O–H groups in total. The molecule has 6 nitrogen and oxygen atoms in total. The van der Waals surface area contributed by atoms with E-state index in [9.17, 15) is 27.9 Å². The fraction of sp³-hybridized carbons (Fsp3) is 0.429. The summed E-state index contributed by atoms with van der Waals surface area (Å²) < 4.78 is 49.6. The highest BCUT2D eigenvalue weighted by Gasteiger charge is 2.58. The SMILES string of the molecule is CC[C@@H](C)c1ccc(NC(=O)COC(=O)C[C@@](O)(c2ccc(C)o2)C(F)(F)F)cc1. The van der Waals surface area contributed by atoms with Gasteiger partial charge in [-0.1, -0.05) is 26.0 Å². The Bertz CT molecular complexity index is 876. The average molecular weight is 427 g/mol. The van der Waals surface area contributed by atoms with Crippen molar-refractivity contribution in [3.63, 3.8) is 0 Å². The van der Waals surface area contributed by atoms with Gasteiger partial charge >= 0.3 is 12.1 Å². The Hall–Kier alpha value is -2.81. The van der Waals surface area contributed by atoms with Crippen molar-refractivity contribution in [2.24, 2.45) is 0 Å². The lowest BCUT2D eigenvalue weighted by molar-refractivity contribution is -0.275. The number of rotatable bonds is 8. The van der Waals surface area contributed by atoms with E-state index in [0.29, 0.717) is 11.6 Å². The molecule has 0 unspecified atom stereocenters. The smallest absolute Gasteiger partial charge is 0.425 e. The first-order valence-electron chi connectivity index (χ1n) is 9.37. The second-order valence-corrected chi connectivity index (χ2v) is 7.09. The Morgan fingerprint density at radius 1 is 1.17 bits per heavy atom. The van der Waals surface area contributed by atoms with Crippen molar-refractivity contribution in [3.05, 3.63) is 53.5 Å². The van der Waals surface area contributed by atoms with Gasteiger partial charge in [-0.15, -0.1) is 0 Å². The normalized spacial score (nSPS) is 14.6. The van der Waals surface area contributed by atoms with Gasteiger partial charge < -0.3 is 19.6 Å². The number of carbonyl (C=O) groups is 2. The molecular formula is C21H24F3NO5. The average Bonchev–Trinajstić information content (AvgIpc) is 3.12. The molecule has 0 spiro atoms. The molecule has 0 bridgehead atoms. The third-order valence-corrected chi connectivity index (χ3v) is 4.76. The van der Waals surface area contributed by atoms with E-state index >= 15 is 0 Å². The molecular weight excluding hydrogens is 403 g/mol.